The molecule has 2 heterocycles. The first kappa shape index (κ1) is 16.0. The molecule has 1 aromatic rings. The zero-order valence-electron chi connectivity index (χ0n) is 12.4. The average Bonchev–Trinajstić information content (AvgIpc) is 2.91. The lowest BCUT2D eigenvalue weighted by atomic mass is 10.1. The van der Waals surface area contributed by atoms with Gasteiger partial charge in [0.15, 0.2) is 5.17 Å². The van der Waals surface area contributed by atoms with Crippen LogP contribution in [0, 0.1) is 0 Å². The van der Waals surface area contributed by atoms with Crippen LogP contribution in [-0.4, -0.2) is 35.7 Å². The third-order valence-corrected chi connectivity index (χ3v) is 4.68. The van der Waals surface area contributed by atoms with E-state index in [0.717, 1.165) is 36.7 Å². The molecule has 0 radical (unpaired) electrons. The summed E-state index contributed by atoms with van der Waals surface area (Å²) in [6, 6.07) is 6.18. The number of ether oxygens (including phenoxy) is 1. The molecule has 0 unspecified atom stereocenters. The van der Waals surface area contributed by atoms with Gasteiger partial charge in [-0.05, 0) is 54.8 Å². The van der Waals surface area contributed by atoms with Gasteiger partial charge in [0.05, 0.1) is 4.91 Å². The largest absolute Gasteiger partial charge is 0.435 e. The predicted octanol–water partition coefficient (Wildman–Crippen LogP) is 3.74. The van der Waals surface area contributed by atoms with E-state index in [1.807, 2.05) is 0 Å². The molecule has 0 spiro atoms. The van der Waals surface area contributed by atoms with Gasteiger partial charge in [0.2, 0.25) is 0 Å². The first-order valence-electron chi connectivity index (χ1n) is 7.44. The van der Waals surface area contributed by atoms with Crippen LogP contribution in [0.1, 0.15) is 24.8 Å². The lowest BCUT2D eigenvalue weighted by Crippen LogP contribution is -2.33. The Morgan fingerprint density at radius 1 is 1.17 bits per heavy atom. The van der Waals surface area contributed by atoms with E-state index in [0.29, 0.717) is 4.91 Å². The quantitative estimate of drug-likeness (QED) is 0.787. The number of nitrogens with zero attached hydrogens (tertiary/aromatic N) is 2. The molecule has 1 amide bonds. The topological polar surface area (TPSA) is 41.9 Å². The summed E-state index contributed by atoms with van der Waals surface area (Å²) < 4.78 is 28.5. The molecule has 7 heteroatoms. The molecule has 0 atom stereocenters. The zero-order valence-corrected chi connectivity index (χ0v) is 13.2. The predicted molar refractivity (Wildman–Crippen MR) is 86.5 cm³/mol. The number of halogens is 2. The molecule has 0 bridgehead atoms. The number of amides is 1. The van der Waals surface area contributed by atoms with Gasteiger partial charge in [0.25, 0.3) is 5.91 Å². The molecular formula is C16H16F2N2O2S. The number of carbonyl (C=O) groups excluding carboxylic acids is 1. The van der Waals surface area contributed by atoms with Crippen molar-refractivity contribution in [2.45, 2.75) is 25.9 Å². The molecule has 0 aliphatic carbocycles. The van der Waals surface area contributed by atoms with Gasteiger partial charge < -0.3 is 9.64 Å². The molecule has 2 aliphatic heterocycles. The van der Waals surface area contributed by atoms with E-state index in [4.69, 9.17) is 0 Å². The molecule has 0 N–H and O–H groups in total. The van der Waals surface area contributed by atoms with Crippen LogP contribution in [0.4, 0.5) is 8.78 Å². The SMILES string of the molecule is O=C1N=C(N2CCCCC2)S/C1=C/c1ccc(OC(F)F)cc1. The van der Waals surface area contributed by atoms with Crippen molar-refractivity contribution < 1.29 is 18.3 Å². The van der Waals surface area contributed by atoms with Crippen molar-refractivity contribution in [2.75, 3.05) is 13.1 Å². The van der Waals surface area contributed by atoms with Crippen molar-refractivity contribution in [3.05, 3.63) is 34.7 Å². The number of benzene rings is 1. The van der Waals surface area contributed by atoms with Crippen LogP contribution in [-0.2, 0) is 4.79 Å². The molecule has 2 aliphatic rings. The van der Waals surface area contributed by atoms with Crippen LogP contribution in [0.2, 0.25) is 0 Å². The molecule has 3 rings (SSSR count). The number of hydrogen-bond donors (Lipinski definition) is 0. The fraction of sp³-hybridized carbons (Fsp3) is 0.375. The number of aliphatic imine (C=N–C) groups is 1. The van der Waals surface area contributed by atoms with Crippen LogP contribution in [0.25, 0.3) is 6.08 Å². The number of rotatable bonds is 3. The molecule has 0 aromatic heterocycles. The lowest BCUT2D eigenvalue weighted by Gasteiger charge is -2.27. The number of thioether (sulfide) groups is 1. The normalized spacial score (nSPS) is 20.3. The minimum Gasteiger partial charge on any atom is -0.435 e. The van der Waals surface area contributed by atoms with E-state index in [-0.39, 0.29) is 11.7 Å². The summed E-state index contributed by atoms with van der Waals surface area (Å²) >= 11 is 1.37. The number of likely N-dealkylation sites (tertiary alicyclic amines) is 1. The van der Waals surface area contributed by atoms with Gasteiger partial charge in [-0.25, -0.2) is 0 Å². The third-order valence-electron chi connectivity index (χ3n) is 3.64. The second-order valence-electron chi connectivity index (χ2n) is 5.31. The summed E-state index contributed by atoms with van der Waals surface area (Å²) in [5.74, 6) is -0.152. The monoisotopic (exact) mass is 338 g/mol. The Kier molecular flexibility index (Phi) is 4.95. The van der Waals surface area contributed by atoms with Gasteiger partial charge in [-0.15, -0.1) is 0 Å². The molecule has 1 fully saturated rings. The van der Waals surface area contributed by atoms with Gasteiger partial charge in [-0.2, -0.15) is 13.8 Å². The van der Waals surface area contributed by atoms with E-state index in [2.05, 4.69) is 14.6 Å². The van der Waals surface area contributed by atoms with Gasteiger partial charge in [-0.1, -0.05) is 12.1 Å². The molecule has 23 heavy (non-hydrogen) atoms. The number of alkyl halides is 2. The molecular weight excluding hydrogens is 322 g/mol. The maximum Gasteiger partial charge on any atom is 0.387 e. The van der Waals surface area contributed by atoms with Crippen molar-refractivity contribution in [2.24, 2.45) is 4.99 Å². The Balaban J connectivity index is 1.67. The summed E-state index contributed by atoms with van der Waals surface area (Å²) in [6.45, 7) is -0.968. The second kappa shape index (κ2) is 7.12. The standard InChI is InChI=1S/C16H16F2N2O2S/c17-15(18)22-12-6-4-11(5-7-12)10-13-14(21)19-16(23-13)20-8-2-1-3-9-20/h4-7,10,15H,1-3,8-9H2/b13-10+. The Labute approximate surface area is 137 Å². The third kappa shape index (κ3) is 4.10. The van der Waals surface area contributed by atoms with Crippen molar-refractivity contribution in [3.63, 3.8) is 0 Å². The van der Waals surface area contributed by atoms with Gasteiger partial charge in [0.1, 0.15) is 5.75 Å². The maximum absolute atomic E-state index is 12.1. The minimum atomic E-state index is -2.84. The Hall–Kier alpha value is -1.89. The van der Waals surface area contributed by atoms with Crippen molar-refractivity contribution in [1.82, 2.24) is 4.90 Å². The van der Waals surface area contributed by atoms with Crippen LogP contribution in [0.3, 0.4) is 0 Å². The van der Waals surface area contributed by atoms with Gasteiger partial charge >= 0.3 is 6.61 Å². The van der Waals surface area contributed by atoms with Crippen molar-refractivity contribution >= 4 is 28.9 Å². The lowest BCUT2D eigenvalue weighted by molar-refractivity contribution is -0.113. The van der Waals surface area contributed by atoms with Crippen LogP contribution < -0.4 is 4.74 Å². The average molecular weight is 338 g/mol. The molecule has 122 valence electrons. The summed E-state index contributed by atoms with van der Waals surface area (Å²) in [5.41, 5.74) is 0.748. The summed E-state index contributed by atoms with van der Waals surface area (Å²) in [5, 5.41) is 0.763. The molecule has 4 nitrogen and oxygen atoms in total. The number of carbonyl (C=O) groups is 1. The van der Waals surface area contributed by atoms with E-state index in [1.54, 1.807) is 18.2 Å². The molecule has 1 aromatic carbocycles. The van der Waals surface area contributed by atoms with E-state index in [1.165, 1.54) is 30.3 Å². The highest BCUT2D eigenvalue weighted by atomic mass is 32.2. The second-order valence-corrected chi connectivity index (χ2v) is 6.31. The van der Waals surface area contributed by atoms with Crippen LogP contribution in [0.15, 0.2) is 34.2 Å². The van der Waals surface area contributed by atoms with Gasteiger partial charge in [-0.3, -0.25) is 4.79 Å². The summed E-state index contributed by atoms with van der Waals surface area (Å²) in [7, 11) is 0. The highest BCUT2D eigenvalue weighted by Gasteiger charge is 2.26. The first-order chi connectivity index (χ1) is 11.1. The van der Waals surface area contributed by atoms with Crippen LogP contribution in [0.5, 0.6) is 5.75 Å². The van der Waals surface area contributed by atoms with Crippen molar-refractivity contribution in [3.8, 4) is 5.75 Å². The first-order valence-corrected chi connectivity index (χ1v) is 8.26. The van der Waals surface area contributed by atoms with Gasteiger partial charge in [0, 0.05) is 13.1 Å². The van der Waals surface area contributed by atoms with E-state index >= 15 is 0 Å². The Morgan fingerprint density at radius 3 is 2.52 bits per heavy atom. The zero-order chi connectivity index (χ0) is 16.2. The number of amidine groups is 1. The minimum absolute atomic E-state index is 0.0952. The molecule has 0 saturated carbocycles. The number of hydrogen-bond acceptors (Lipinski definition) is 4. The maximum atomic E-state index is 12.1. The smallest absolute Gasteiger partial charge is 0.387 e. The Morgan fingerprint density at radius 2 is 1.87 bits per heavy atom. The highest BCUT2D eigenvalue weighted by molar-refractivity contribution is 8.18. The molecule has 1 saturated heterocycles. The fourth-order valence-electron chi connectivity index (χ4n) is 2.52. The summed E-state index contributed by atoms with van der Waals surface area (Å²) in [4.78, 5) is 18.8. The van der Waals surface area contributed by atoms with Crippen LogP contribution >= 0.6 is 11.8 Å². The highest BCUT2D eigenvalue weighted by Crippen LogP contribution is 2.31. The fourth-order valence-corrected chi connectivity index (χ4v) is 3.48. The number of piperidine rings is 1. The van der Waals surface area contributed by atoms with E-state index < -0.39 is 6.61 Å². The van der Waals surface area contributed by atoms with E-state index in [9.17, 15) is 13.6 Å². The van der Waals surface area contributed by atoms with Crippen molar-refractivity contribution in [1.29, 1.82) is 0 Å². The Bertz CT molecular complexity index is 638. The summed E-state index contributed by atoms with van der Waals surface area (Å²) in [6.07, 6.45) is 5.19.